The Kier molecular flexibility index (Phi) is 6.70. The molecule has 0 radical (unpaired) electrons. The van der Waals surface area contributed by atoms with E-state index in [0.29, 0.717) is 41.2 Å². The number of nitrogens with zero attached hydrogens (tertiary/aromatic N) is 6. The van der Waals surface area contributed by atoms with Crippen LogP contribution < -0.4 is 10.6 Å². The number of nitrogens with two attached hydrogens (primary N) is 1. The van der Waals surface area contributed by atoms with E-state index < -0.39 is 5.82 Å². The topological polar surface area (TPSA) is 108 Å². The molecule has 2 aromatic carbocycles. The summed E-state index contributed by atoms with van der Waals surface area (Å²) in [4.78, 5) is 6.77. The molecule has 1 fully saturated rings. The molecule has 1 saturated heterocycles. The van der Waals surface area contributed by atoms with Crippen molar-refractivity contribution in [2.45, 2.75) is 18.9 Å². The van der Waals surface area contributed by atoms with E-state index in [1.54, 1.807) is 16.9 Å². The zero-order valence-electron chi connectivity index (χ0n) is 19.1. The fourth-order valence-corrected chi connectivity index (χ4v) is 4.55. The van der Waals surface area contributed by atoms with Crippen LogP contribution in [0.3, 0.4) is 0 Å². The molecule has 2 aromatic heterocycles. The quantitative estimate of drug-likeness (QED) is 0.454. The fraction of sp³-hybridized carbons (Fsp3) is 0.231. The highest BCUT2D eigenvalue weighted by Gasteiger charge is 2.25. The lowest BCUT2D eigenvalue weighted by Gasteiger charge is -2.32. The molecule has 0 amide bonds. The third-order valence-electron chi connectivity index (χ3n) is 6.32. The maximum Gasteiger partial charge on any atom is 0.147 e. The summed E-state index contributed by atoms with van der Waals surface area (Å²) in [5.74, 6) is -0.0553. The van der Waals surface area contributed by atoms with Gasteiger partial charge in [0.25, 0.3) is 0 Å². The molecular formula is C26H23ClFN7. The minimum absolute atomic E-state index is 0. The number of hydrogen-bond acceptors (Lipinski definition) is 6. The Hall–Kier alpha value is -3.98. The van der Waals surface area contributed by atoms with Crippen molar-refractivity contribution in [3.63, 3.8) is 0 Å². The first-order chi connectivity index (χ1) is 16.5. The zero-order valence-corrected chi connectivity index (χ0v) is 19.9. The zero-order chi connectivity index (χ0) is 23.8. The Labute approximate surface area is 208 Å². The number of anilines is 1. The molecule has 0 bridgehead atoms. The maximum atomic E-state index is 14.7. The fourth-order valence-electron chi connectivity index (χ4n) is 4.55. The number of piperidine rings is 1. The summed E-state index contributed by atoms with van der Waals surface area (Å²) in [6, 6.07) is 14.6. The first kappa shape index (κ1) is 24.2. The van der Waals surface area contributed by atoms with E-state index in [1.165, 1.54) is 12.1 Å². The van der Waals surface area contributed by atoms with Gasteiger partial charge in [0.05, 0.1) is 11.1 Å². The van der Waals surface area contributed by atoms with Gasteiger partial charge in [-0.2, -0.15) is 15.6 Å². The molecule has 1 aliphatic rings. The highest BCUT2D eigenvalue weighted by Crippen LogP contribution is 2.39. The van der Waals surface area contributed by atoms with Crippen molar-refractivity contribution >= 4 is 29.1 Å². The Morgan fingerprint density at radius 1 is 1.06 bits per heavy atom. The molecule has 35 heavy (non-hydrogen) atoms. The van der Waals surface area contributed by atoms with Gasteiger partial charge in [-0.1, -0.05) is 12.1 Å². The van der Waals surface area contributed by atoms with Crippen LogP contribution in [-0.2, 0) is 7.05 Å². The predicted octanol–water partition coefficient (Wildman–Crippen LogP) is 4.53. The third kappa shape index (κ3) is 4.42. The number of pyridine rings is 1. The summed E-state index contributed by atoms with van der Waals surface area (Å²) in [5, 5.41) is 24.8. The summed E-state index contributed by atoms with van der Waals surface area (Å²) in [6.07, 6.45) is 5.29. The highest BCUT2D eigenvalue weighted by molar-refractivity contribution is 5.93. The molecule has 7 nitrogen and oxygen atoms in total. The number of benzene rings is 2. The molecule has 5 rings (SSSR count). The number of aromatic nitrogens is 3. The van der Waals surface area contributed by atoms with Gasteiger partial charge < -0.3 is 10.6 Å². The second kappa shape index (κ2) is 9.71. The van der Waals surface area contributed by atoms with Crippen LogP contribution in [0.4, 0.5) is 10.2 Å². The Morgan fingerprint density at radius 2 is 1.80 bits per heavy atom. The van der Waals surface area contributed by atoms with E-state index in [9.17, 15) is 14.9 Å². The van der Waals surface area contributed by atoms with Gasteiger partial charge in [-0.25, -0.2) is 9.37 Å². The average molecular weight is 488 g/mol. The standard InChI is InChI=1S/C26H22FN7.ClH/c1-33-15-19-10-16(4-5-24(19)32-33)22-14-31-26(34-8-6-20(30)7-9-34)21(13-29)25(22)17-2-3-18(12-28)23(27)11-17;/h2-5,10-11,14-15,20H,6-9,30H2,1H3;1H. The summed E-state index contributed by atoms with van der Waals surface area (Å²) in [6.45, 7) is 1.40. The lowest BCUT2D eigenvalue weighted by Crippen LogP contribution is -2.40. The lowest BCUT2D eigenvalue weighted by atomic mass is 9.91. The highest BCUT2D eigenvalue weighted by atomic mass is 35.5. The van der Waals surface area contributed by atoms with E-state index in [-0.39, 0.29) is 24.0 Å². The Bertz CT molecular complexity index is 1490. The summed E-state index contributed by atoms with van der Waals surface area (Å²) in [5.41, 5.74) is 9.93. The predicted molar refractivity (Wildman–Crippen MR) is 135 cm³/mol. The smallest absolute Gasteiger partial charge is 0.147 e. The molecule has 0 aliphatic carbocycles. The van der Waals surface area contributed by atoms with E-state index in [0.717, 1.165) is 29.3 Å². The maximum absolute atomic E-state index is 14.7. The van der Waals surface area contributed by atoms with Crippen LogP contribution in [-0.4, -0.2) is 33.9 Å². The van der Waals surface area contributed by atoms with Crippen molar-refractivity contribution in [1.29, 1.82) is 10.5 Å². The van der Waals surface area contributed by atoms with E-state index >= 15 is 0 Å². The molecule has 0 atom stereocenters. The van der Waals surface area contributed by atoms with Crippen LogP contribution in [0.2, 0.25) is 0 Å². The van der Waals surface area contributed by atoms with Crippen molar-refractivity contribution in [2.24, 2.45) is 12.8 Å². The van der Waals surface area contributed by atoms with Crippen molar-refractivity contribution in [3.05, 3.63) is 65.7 Å². The number of rotatable bonds is 3. The largest absolute Gasteiger partial charge is 0.355 e. The summed E-state index contributed by atoms with van der Waals surface area (Å²) < 4.78 is 16.4. The van der Waals surface area contributed by atoms with Gasteiger partial charge in [-0.3, -0.25) is 4.68 Å². The molecular weight excluding hydrogens is 465 g/mol. The minimum Gasteiger partial charge on any atom is -0.355 e. The van der Waals surface area contributed by atoms with Gasteiger partial charge >= 0.3 is 0 Å². The second-order valence-corrected chi connectivity index (χ2v) is 8.56. The van der Waals surface area contributed by atoms with Crippen LogP contribution in [0.15, 0.2) is 48.8 Å². The van der Waals surface area contributed by atoms with Crippen LogP contribution >= 0.6 is 12.4 Å². The molecule has 176 valence electrons. The SMILES string of the molecule is Cl.Cn1cc2cc(-c3cnc(N4CCC(N)CC4)c(C#N)c3-c3ccc(C#N)c(F)c3)ccc2n1. The summed E-state index contributed by atoms with van der Waals surface area (Å²) in [7, 11) is 1.86. The van der Waals surface area contributed by atoms with Crippen molar-refractivity contribution in [2.75, 3.05) is 18.0 Å². The van der Waals surface area contributed by atoms with Gasteiger partial charge in [0.1, 0.15) is 29.3 Å². The van der Waals surface area contributed by atoms with Crippen molar-refractivity contribution in [1.82, 2.24) is 14.8 Å². The molecule has 3 heterocycles. The van der Waals surface area contributed by atoms with Crippen LogP contribution in [0, 0.1) is 28.5 Å². The van der Waals surface area contributed by atoms with E-state index in [4.69, 9.17) is 10.7 Å². The number of aryl methyl sites for hydroxylation is 1. The van der Waals surface area contributed by atoms with Gasteiger partial charge in [-0.05, 0) is 48.2 Å². The number of fused-ring (bicyclic) bond motifs is 1. The average Bonchev–Trinajstić information content (AvgIpc) is 3.22. The van der Waals surface area contributed by atoms with Gasteiger partial charge in [-0.15, -0.1) is 12.4 Å². The first-order valence-electron chi connectivity index (χ1n) is 11.1. The van der Waals surface area contributed by atoms with Gasteiger partial charge in [0.15, 0.2) is 0 Å². The first-order valence-corrected chi connectivity index (χ1v) is 11.1. The molecule has 0 unspecified atom stereocenters. The Balaban J connectivity index is 0.00000289. The van der Waals surface area contributed by atoms with Crippen LogP contribution in [0.5, 0.6) is 0 Å². The monoisotopic (exact) mass is 487 g/mol. The second-order valence-electron chi connectivity index (χ2n) is 8.56. The third-order valence-corrected chi connectivity index (χ3v) is 6.32. The molecule has 0 saturated carbocycles. The molecule has 1 aliphatic heterocycles. The molecule has 9 heteroatoms. The lowest BCUT2D eigenvalue weighted by molar-refractivity contribution is 0.498. The molecule has 2 N–H and O–H groups in total. The number of nitriles is 2. The van der Waals surface area contributed by atoms with Crippen molar-refractivity contribution in [3.8, 4) is 34.4 Å². The number of halogens is 2. The molecule has 4 aromatic rings. The Morgan fingerprint density at radius 3 is 2.49 bits per heavy atom. The number of hydrogen-bond donors (Lipinski definition) is 1. The summed E-state index contributed by atoms with van der Waals surface area (Å²) >= 11 is 0. The van der Waals surface area contributed by atoms with Crippen LogP contribution in [0.25, 0.3) is 33.2 Å². The van der Waals surface area contributed by atoms with Crippen molar-refractivity contribution < 1.29 is 4.39 Å². The van der Waals surface area contributed by atoms with E-state index in [1.807, 2.05) is 37.5 Å². The van der Waals surface area contributed by atoms with E-state index in [2.05, 4.69) is 16.1 Å². The molecule has 0 spiro atoms. The normalized spacial score (nSPS) is 13.8. The van der Waals surface area contributed by atoms with Gasteiger partial charge in [0, 0.05) is 55.1 Å². The van der Waals surface area contributed by atoms with Gasteiger partial charge in [0.2, 0.25) is 0 Å². The van der Waals surface area contributed by atoms with Crippen LogP contribution in [0.1, 0.15) is 24.0 Å². The minimum atomic E-state index is -0.625.